The molecule has 0 saturated heterocycles. The fraction of sp³-hybridized carbons (Fsp3) is 0.200. The van der Waals surface area contributed by atoms with Crippen LogP contribution in [0.25, 0.3) is 0 Å². The summed E-state index contributed by atoms with van der Waals surface area (Å²) in [7, 11) is 0. The van der Waals surface area contributed by atoms with Crippen molar-refractivity contribution in [3.63, 3.8) is 0 Å². The third-order valence-electron chi connectivity index (χ3n) is 1.69. The fourth-order valence-electron chi connectivity index (χ4n) is 1.02. The van der Waals surface area contributed by atoms with Crippen LogP contribution < -0.4 is 10.6 Å². The van der Waals surface area contributed by atoms with Crippen LogP contribution in [0.3, 0.4) is 0 Å². The average molecular weight is 293 g/mol. The number of para-hydroxylation sites is 1. The van der Waals surface area contributed by atoms with E-state index in [9.17, 15) is 4.79 Å². The summed E-state index contributed by atoms with van der Waals surface area (Å²) in [5, 5.41) is 5.93. The molecule has 1 amide bonds. The zero-order valence-corrected chi connectivity index (χ0v) is 11.2. The molecule has 4 nitrogen and oxygen atoms in total. The van der Waals surface area contributed by atoms with Gasteiger partial charge >= 0.3 is 6.09 Å². The lowest BCUT2D eigenvalue weighted by molar-refractivity contribution is 0.158. The van der Waals surface area contributed by atoms with Crippen LogP contribution in [0.2, 0.25) is 10.0 Å². The molecular weight excluding hydrogens is 283 g/mol. The topological polar surface area (TPSA) is 50.4 Å². The molecule has 1 rings (SSSR count). The van der Waals surface area contributed by atoms with Crippen LogP contribution in [-0.2, 0) is 4.74 Å². The molecule has 0 aliphatic heterocycles. The monoisotopic (exact) mass is 292 g/mol. The largest absolute Gasteiger partial charge is 0.450 e. The maximum absolute atomic E-state index is 11.1. The molecule has 0 saturated carbocycles. The Labute approximate surface area is 114 Å². The van der Waals surface area contributed by atoms with E-state index in [1.54, 1.807) is 25.1 Å². The molecule has 0 aliphatic carbocycles. The van der Waals surface area contributed by atoms with E-state index in [2.05, 4.69) is 15.4 Å². The Bertz CT molecular complexity index is 420. The first-order chi connectivity index (χ1) is 8.04. The molecule has 0 bridgehead atoms. The molecule has 7 heteroatoms. The van der Waals surface area contributed by atoms with Gasteiger partial charge in [-0.15, -0.1) is 0 Å². The van der Waals surface area contributed by atoms with Crippen molar-refractivity contribution in [3.05, 3.63) is 28.2 Å². The van der Waals surface area contributed by atoms with E-state index in [1.165, 1.54) is 0 Å². The van der Waals surface area contributed by atoms with Gasteiger partial charge in [0.15, 0.2) is 5.11 Å². The number of carbonyl (C=O) groups excluding carboxylic acids is 1. The van der Waals surface area contributed by atoms with E-state index < -0.39 is 6.09 Å². The zero-order valence-electron chi connectivity index (χ0n) is 8.92. The van der Waals surface area contributed by atoms with Crippen LogP contribution in [0.5, 0.6) is 0 Å². The minimum absolute atomic E-state index is 0.0680. The number of ether oxygens (including phenoxy) is 1. The molecule has 1 aromatic rings. The summed E-state index contributed by atoms with van der Waals surface area (Å²) in [4.78, 5) is 11.1. The molecule has 0 aliphatic rings. The lowest BCUT2D eigenvalue weighted by atomic mass is 10.3. The minimum Gasteiger partial charge on any atom is -0.450 e. The van der Waals surface area contributed by atoms with E-state index in [0.29, 0.717) is 15.7 Å². The second kappa shape index (κ2) is 6.64. The van der Waals surface area contributed by atoms with Crippen molar-refractivity contribution in [2.45, 2.75) is 6.92 Å². The van der Waals surface area contributed by atoms with Gasteiger partial charge in [-0.1, -0.05) is 29.3 Å². The molecule has 0 radical (unpaired) electrons. The first kappa shape index (κ1) is 14.0. The molecular formula is C10H10Cl2N2O2S. The number of alkyl carbamates (subject to hydrolysis) is 1. The van der Waals surface area contributed by atoms with E-state index in [4.69, 9.17) is 35.4 Å². The third-order valence-corrected chi connectivity index (χ3v) is 2.53. The Morgan fingerprint density at radius 3 is 2.53 bits per heavy atom. The van der Waals surface area contributed by atoms with Gasteiger partial charge in [0.25, 0.3) is 0 Å². The van der Waals surface area contributed by atoms with Crippen LogP contribution in [0, 0.1) is 0 Å². The fourth-order valence-corrected chi connectivity index (χ4v) is 1.70. The SMILES string of the molecule is CCOC(=O)NC(=S)Nc1c(Cl)cccc1Cl. The van der Waals surface area contributed by atoms with Crippen molar-refractivity contribution in [3.8, 4) is 0 Å². The smallest absolute Gasteiger partial charge is 0.413 e. The van der Waals surface area contributed by atoms with Crippen LogP contribution in [-0.4, -0.2) is 17.8 Å². The Hall–Kier alpha value is -1.04. The van der Waals surface area contributed by atoms with E-state index in [-0.39, 0.29) is 11.7 Å². The van der Waals surface area contributed by atoms with Crippen molar-refractivity contribution < 1.29 is 9.53 Å². The number of amides is 1. The zero-order chi connectivity index (χ0) is 12.8. The Balaban J connectivity index is 2.65. The van der Waals surface area contributed by atoms with Crippen molar-refractivity contribution in [1.29, 1.82) is 0 Å². The summed E-state index contributed by atoms with van der Waals surface area (Å²) >= 11 is 16.7. The number of hydrogen-bond acceptors (Lipinski definition) is 3. The summed E-state index contributed by atoms with van der Waals surface area (Å²) in [5.41, 5.74) is 0.442. The highest BCUT2D eigenvalue weighted by Crippen LogP contribution is 2.29. The van der Waals surface area contributed by atoms with E-state index in [1.807, 2.05) is 0 Å². The molecule has 17 heavy (non-hydrogen) atoms. The van der Waals surface area contributed by atoms with Crippen molar-refractivity contribution in [2.24, 2.45) is 0 Å². The highest BCUT2D eigenvalue weighted by atomic mass is 35.5. The summed E-state index contributed by atoms with van der Waals surface area (Å²) in [6.45, 7) is 1.96. The number of thiocarbonyl (C=S) groups is 1. The van der Waals surface area contributed by atoms with Gasteiger partial charge in [-0.05, 0) is 31.3 Å². The molecule has 0 unspecified atom stereocenters. The van der Waals surface area contributed by atoms with Crippen LogP contribution >= 0.6 is 35.4 Å². The molecule has 0 atom stereocenters. The highest BCUT2D eigenvalue weighted by molar-refractivity contribution is 7.80. The second-order valence-electron chi connectivity index (χ2n) is 2.90. The lowest BCUT2D eigenvalue weighted by Gasteiger charge is -2.11. The van der Waals surface area contributed by atoms with E-state index in [0.717, 1.165) is 0 Å². The van der Waals surface area contributed by atoms with Crippen LogP contribution in [0.15, 0.2) is 18.2 Å². The summed E-state index contributed by atoms with van der Waals surface area (Å²) in [6, 6.07) is 5.02. The van der Waals surface area contributed by atoms with Gasteiger partial charge in [-0.25, -0.2) is 4.79 Å². The normalized spacial score (nSPS) is 9.59. The van der Waals surface area contributed by atoms with Crippen molar-refractivity contribution >= 4 is 52.3 Å². The van der Waals surface area contributed by atoms with E-state index >= 15 is 0 Å². The summed E-state index contributed by atoms with van der Waals surface area (Å²) in [5.74, 6) is 0. The predicted molar refractivity (Wildman–Crippen MR) is 72.8 cm³/mol. The maximum atomic E-state index is 11.1. The number of halogens is 2. The minimum atomic E-state index is -0.631. The van der Waals surface area contributed by atoms with Crippen molar-refractivity contribution in [1.82, 2.24) is 5.32 Å². The molecule has 92 valence electrons. The highest BCUT2D eigenvalue weighted by Gasteiger charge is 2.09. The quantitative estimate of drug-likeness (QED) is 0.820. The van der Waals surface area contributed by atoms with Gasteiger partial charge in [0.05, 0.1) is 22.3 Å². The third kappa shape index (κ3) is 4.38. The molecule has 0 heterocycles. The van der Waals surface area contributed by atoms with Gasteiger partial charge in [-0.3, -0.25) is 5.32 Å². The summed E-state index contributed by atoms with van der Waals surface area (Å²) < 4.78 is 4.67. The number of anilines is 1. The van der Waals surface area contributed by atoms with Gasteiger partial charge in [0.1, 0.15) is 0 Å². The number of benzene rings is 1. The Morgan fingerprint density at radius 1 is 1.41 bits per heavy atom. The second-order valence-corrected chi connectivity index (χ2v) is 4.12. The van der Waals surface area contributed by atoms with Crippen molar-refractivity contribution in [2.75, 3.05) is 11.9 Å². The Morgan fingerprint density at radius 2 is 2.00 bits per heavy atom. The first-order valence-electron chi connectivity index (χ1n) is 4.73. The van der Waals surface area contributed by atoms with Gasteiger partial charge in [-0.2, -0.15) is 0 Å². The van der Waals surface area contributed by atoms with Gasteiger partial charge in [0, 0.05) is 0 Å². The number of nitrogens with one attached hydrogen (secondary N) is 2. The molecule has 1 aromatic carbocycles. The maximum Gasteiger partial charge on any atom is 0.413 e. The molecule has 0 fully saturated rings. The summed E-state index contributed by atoms with van der Waals surface area (Å²) in [6.07, 6.45) is -0.631. The van der Waals surface area contributed by atoms with Crippen LogP contribution in [0.4, 0.5) is 10.5 Å². The molecule has 0 spiro atoms. The van der Waals surface area contributed by atoms with Crippen LogP contribution in [0.1, 0.15) is 6.92 Å². The average Bonchev–Trinajstić information content (AvgIpc) is 2.24. The lowest BCUT2D eigenvalue weighted by Crippen LogP contribution is -2.34. The Kier molecular flexibility index (Phi) is 5.47. The van der Waals surface area contributed by atoms with Gasteiger partial charge < -0.3 is 10.1 Å². The predicted octanol–water partition coefficient (Wildman–Crippen LogP) is 3.44. The standard InChI is InChI=1S/C10H10Cl2N2O2S/c1-2-16-10(15)14-9(17)13-8-6(11)4-3-5-7(8)12/h3-5H,2H2,1H3,(H2,13,14,15,17). The number of rotatable bonds is 2. The first-order valence-corrected chi connectivity index (χ1v) is 5.89. The molecule has 0 aromatic heterocycles. The molecule has 2 N–H and O–H groups in total. The van der Waals surface area contributed by atoms with Gasteiger partial charge in [0.2, 0.25) is 0 Å². The number of carbonyl (C=O) groups is 1. The number of hydrogen-bond donors (Lipinski definition) is 2.